The third kappa shape index (κ3) is 5.73. The number of anilines is 1. The van der Waals surface area contributed by atoms with Gasteiger partial charge in [0.2, 0.25) is 11.8 Å². The number of hydrogen-bond donors (Lipinski definition) is 0. The molecule has 186 valence electrons. The van der Waals surface area contributed by atoms with Crippen LogP contribution in [0, 0.1) is 5.92 Å². The number of aromatic nitrogens is 2. The van der Waals surface area contributed by atoms with Gasteiger partial charge in [-0.25, -0.2) is 0 Å². The van der Waals surface area contributed by atoms with Crippen molar-refractivity contribution in [2.75, 3.05) is 57.9 Å². The maximum atomic E-state index is 13.1. The molecule has 1 saturated carbocycles. The van der Waals surface area contributed by atoms with Crippen molar-refractivity contribution in [3.63, 3.8) is 0 Å². The predicted molar refractivity (Wildman–Crippen MR) is 131 cm³/mol. The van der Waals surface area contributed by atoms with Crippen molar-refractivity contribution in [2.24, 2.45) is 5.92 Å². The van der Waals surface area contributed by atoms with Gasteiger partial charge in [-0.3, -0.25) is 9.59 Å². The van der Waals surface area contributed by atoms with Gasteiger partial charge in [0, 0.05) is 50.8 Å². The van der Waals surface area contributed by atoms with Crippen LogP contribution in [-0.2, 0) is 14.3 Å². The molecule has 2 saturated heterocycles. The van der Waals surface area contributed by atoms with E-state index in [-0.39, 0.29) is 30.4 Å². The number of hydrogen-bond acceptors (Lipinski definition) is 7. The lowest BCUT2D eigenvalue weighted by Crippen LogP contribution is -2.53. The summed E-state index contributed by atoms with van der Waals surface area (Å²) in [7, 11) is 1.64. The Morgan fingerprint density at radius 1 is 1.03 bits per heavy atom. The highest BCUT2D eigenvalue weighted by atomic mass is 16.5. The average Bonchev–Trinajstić information content (AvgIpc) is 3.64. The molecular formula is C26H33N5O4. The Bertz CT molecular complexity index is 1010. The molecule has 1 aromatic carbocycles. The highest BCUT2D eigenvalue weighted by molar-refractivity contribution is 5.87. The number of nitrogens with zero attached hydrogens (tertiary/aromatic N) is 5. The molecule has 9 nitrogen and oxygen atoms in total. The van der Waals surface area contributed by atoms with E-state index in [0.29, 0.717) is 32.7 Å². The molecule has 0 bridgehead atoms. The second-order valence-corrected chi connectivity index (χ2v) is 9.50. The number of rotatable bonds is 8. The van der Waals surface area contributed by atoms with Crippen molar-refractivity contribution >= 4 is 17.6 Å². The standard InChI is InChI=1S/C26H33N5O4/c1-34-21-8-6-19(7-9-21)23-10-11-24(28-27-23)29-12-14-30(15-13-29)25(32)18-31(26(33)20-4-5-20)17-22-3-2-16-35-22/h6-11,20,22H,2-5,12-18H2,1H3/t22-/m1/s1. The molecule has 0 radical (unpaired) electrons. The molecule has 2 aromatic rings. The van der Waals surface area contributed by atoms with E-state index in [1.165, 1.54) is 0 Å². The molecule has 0 spiro atoms. The lowest BCUT2D eigenvalue weighted by molar-refractivity contribution is -0.142. The zero-order valence-electron chi connectivity index (χ0n) is 20.3. The molecular weight excluding hydrogens is 446 g/mol. The zero-order chi connectivity index (χ0) is 24.2. The molecule has 0 unspecified atom stereocenters. The summed E-state index contributed by atoms with van der Waals surface area (Å²) < 4.78 is 10.9. The Kier molecular flexibility index (Phi) is 7.13. The Morgan fingerprint density at radius 3 is 2.40 bits per heavy atom. The van der Waals surface area contributed by atoms with Crippen molar-refractivity contribution in [1.82, 2.24) is 20.0 Å². The fourth-order valence-corrected chi connectivity index (χ4v) is 4.71. The number of piperazine rings is 1. The van der Waals surface area contributed by atoms with Gasteiger partial charge in [-0.05, 0) is 62.1 Å². The zero-order valence-corrected chi connectivity index (χ0v) is 20.3. The molecule has 5 rings (SSSR count). The third-order valence-electron chi connectivity index (χ3n) is 7.01. The normalized spacial score (nSPS) is 20.1. The first-order chi connectivity index (χ1) is 17.1. The van der Waals surface area contributed by atoms with Gasteiger partial charge in [-0.15, -0.1) is 10.2 Å². The molecule has 1 aromatic heterocycles. The van der Waals surface area contributed by atoms with Crippen LogP contribution in [0.5, 0.6) is 5.75 Å². The smallest absolute Gasteiger partial charge is 0.242 e. The van der Waals surface area contributed by atoms with E-state index in [4.69, 9.17) is 9.47 Å². The Labute approximate surface area is 206 Å². The lowest BCUT2D eigenvalue weighted by atomic mass is 10.1. The predicted octanol–water partition coefficient (Wildman–Crippen LogP) is 2.22. The van der Waals surface area contributed by atoms with Gasteiger partial charge >= 0.3 is 0 Å². The summed E-state index contributed by atoms with van der Waals surface area (Å²) >= 11 is 0. The summed E-state index contributed by atoms with van der Waals surface area (Å²) in [5.74, 6) is 1.83. The van der Waals surface area contributed by atoms with Crippen LogP contribution in [0.15, 0.2) is 36.4 Å². The number of carbonyl (C=O) groups is 2. The monoisotopic (exact) mass is 479 g/mol. The molecule has 2 amide bonds. The summed E-state index contributed by atoms with van der Waals surface area (Å²) in [5.41, 5.74) is 1.78. The number of benzene rings is 1. The van der Waals surface area contributed by atoms with E-state index in [9.17, 15) is 9.59 Å². The van der Waals surface area contributed by atoms with E-state index >= 15 is 0 Å². The largest absolute Gasteiger partial charge is 0.497 e. The molecule has 35 heavy (non-hydrogen) atoms. The van der Waals surface area contributed by atoms with E-state index in [1.807, 2.05) is 41.3 Å². The Balaban J connectivity index is 1.14. The van der Waals surface area contributed by atoms with Gasteiger partial charge in [0.05, 0.1) is 25.5 Å². The number of methoxy groups -OCH3 is 1. The minimum atomic E-state index is 0.0117. The Morgan fingerprint density at radius 2 is 1.80 bits per heavy atom. The number of amides is 2. The van der Waals surface area contributed by atoms with E-state index in [0.717, 1.165) is 55.1 Å². The SMILES string of the molecule is COc1ccc(-c2ccc(N3CCN(C(=O)CN(C[C@H]4CCCO4)C(=O)C4CC4)CC3)nn2)cc1. The second-order valence-electron chi connectivity index (χ2n) is 9.50. The van der Waals surface area contributed by atoms with Crippen LogP contribution in [0.3, 0.4) is 0 Å². The van der Waals surface area contributed by atoms with Crippen LogP contribution in [0.2, 0.25) is 0 Å². The summed E-state index contributed by atoms with van der Waals surface area (Å²) in [4.78, 5) is 31.6. The first-order valence-corrected chi connectivity index (χ1v) is 12.5. The molecule has 0 N–H and O–H groups in total. The van der Waals surface area contributed by atoms with Crippen LogP contribution in [0.1, 0.15) is 25.7 Å². The summed E-state index contributed by atoms with van der Waals surface area (Å²) in [6.07, 6.45) is 3.91. The topological polar surface area (TPSA) is 88.1 Å². The van der Waals surface area contributed by atoms with Crippen molar-refractivity contribution in [3.8, 4) is 17.0 Å². The summed E-state index contributed by atoms with van der Waals surface area (Å²) in [6.45, 7) is 3.99. The van der Waals surface area contributed by atoms with Crippen molar-refractivity contribution in [3.05, 3.63) is 36.4 Å². The summed E-state index contributed by atoms with van der Waals surface area (Å²) in [6, 6.07) is 11.7. The van der Waals surface area contributed by atoms with Crippen LogP contribution in [-0.4, -0.2) is 90.9 Å². The minimum Gasteiger partial charge on any atom is -0.497 e. The van der Waals surface area contributed by atoms with E-state index in [2.05, 4.69) is 15.1 Å². The lowest BCUT2D eigenvalue weighted by Gasteiger charge is -2.36. The van der Waals surface area contributed by atoms with Gasteiger partial charge in [0.1, 0.15) is 5.75 Å². The van der Waals surface area contributed by atoms with Crippen molar-refractivity contribution in [1.29, 1.82) is 0 Å². The van der Waals surface area contributed by atoms with Crippen molar-refractivity contribution < 1.29 is 19.1 Å². The minimum absolute atomic E-state index is 0.0117. The van der Waals surface area contributed by atoms with E-state index in [1.54, 1.807) is 12.0 Å². The molecule has 1 atom stereocenters. The summed E-state index contributed by atoms with van der Waals surface area (Å²) in [5, 5.41) is 8.82. The van der Waals surface area contributed by atoms with Crippen LogP contribution in [0.25, 0.3) is 11.3 Å². The van der Waals surface area contributed by atoms with Gasteiger partial charge in [0.25, 0.3) is 0 Å². The maximum absolute atomic E-state index is 13.1. The number of ether oxygens (including phenoxy) is 2. The molecule has 3 heterocycles. The van der Waals surface area contributed by atoms with Crippen LogP contribution >= 0.6 is 0 Å². The fraction of sp³-hybridized carbons (Fsp3) is 0.538. The molecule has 9 heteroatoms. The van der Waals surface area contributed by atoms with Gasteiger partial charge < -0.3 is 24.2 Å². The quantitative estimate of drug-likeness (QED) is 0.574. The van der Waals surface area contributed by atoms with Gasteiger partial charge in [0.15, 0.2) is 5.82 Å². The third-order valence-corrected chi connectivity index (χ3v) is 7.01. The number of carbonyl (C=O) groups excluding carboxylic acids is 2. The first kappa shape index (κ1) is 23.5. The Hall–Kier alpha value is -3.20. The molecule has 3 fully saturated rings. The van der Waals surface area contributed by atoms with Crippen LogP contribution < -0.4 is 9.64 Å². The van der Waals surface area contributed by atoms with Crippen LogP contribution in [0.4, 0.5) is 5.82 Å². The first-order valence-electron chi connectivity index (χ1n) is 12.5. The average molecular weight is 480 g/mol. The van der Waals surface area contributed by atoms with Gasteiger partial charge in [-0.2, -0.15) is 0 Å². The molecule has 2 aliphatic heterocycles. The highest BCUT2D eigenvalue weighted by Gasteiger charge is 2.36. The second kappa shape index (κ2) is 10.6. The molecule has 1 aliphatic carbocycles. The van der Waals surface area contributed by atoms with Gasteiger partial charge in [-0.1, -0.05) is 0 Å². The van der Waals surface area contributed by atoms with Crippen molar-refractivity contribution in [2.45, 2.75) is 31.8 Å². The molecule has 3 aliphatic rings. The maximum Gasteiger partial charge on any atom is 0.242 e. The highest BCUT2D eigenvalue weighted by Crippen LogP contribution is 2.31. The van der Waals surface area contributed by atoms with E-state index < -0.39 is 0 Å². The fourth-order valence-electron chi connectivity index (χ4n) is 4.71.